The Morgan fingerprint density at radius 2 is 1.64 bits per heavy atom. The molecule has 0 radical (unpaired) electrons. The summed E-state index contributed by atoms with van der Waals surface area (Å²) in [6, 6.07) is 10.2. The Morgan fingerprint density at radius 3 is 2.31 bits per heavy atom. The summed E-state index contributed by atoms with van der Waals surface area (Å²) in [5.74, 6) is -2.04. The first-order chi connectivity index (χ1) is 26.3. The van der Waals surface area contributed by atoms with Crippen LogP contribution in [0.2, 0.25) is 0 Å². The molecule has 11 nitrogen and oxygen atoms in total. The molecule has 2 N–H and O–H groups in total. The molecular formula is C42H50F2N8O3. The number of likely N-dealkylation sites (tertiary alicyclic amines) is 2. The number of carbonyl (C=O) groups excluding carboxylic acids is 3. The van der Waals surface area contributed by atoms with Crippen molar-refractivity contribution >= 4 is 45.9 Å². The van der Waals surface area contributed by atoms with Gasteiger partial charge in [0.15, 0.2) is 5.82 Å². The maximum absolute atomic E-state index is 15.4. The lowest BCUT2D eigenvalue weighted by Gasteiger charge is -2.48. The molecule has 0 atom stereocenters. The number of anilines is 3. The highest BCUT2D eigenvalue weighted by molar-refractivity contribution is 6.09. The van der Waals surface area contributed by atoms with E-state index in [0.29, 0.717) is 60.6 Å². The number of halogens is 2. The van der Waals surface area contributed by atoms with Gasteiger partial charge in [-0.25, -0.2) is 18.7 Å². The first kappa shape index (κ1) is 37.0. The first-order valence-corrected chi connectivity index (χ1v) is 19.8. The maximum atomic E-state index is 15.4. The van der Waals surface area contributed by atoms with E-state index >= 15 is 4.39 Å². The third-order valence-corrected chi connectivity index (χ3v) is 12.2. The van der Waals surface area contributed by atoms with Gasteiger partial charge in [-0.05, 0) is 103 Å². The minimum atomic E-state index is -0.962. The number of carbonyl (C=O) groups is 3. The summed E-state index contributed by atoms with van der Waals surface area (Å²) in [4.78, 5) is 56.1. The van der Waals surface area contributed by atoms with E-state index in [4.69, 9.17) is 9.97 Å². The molecule has 0 bridgehead atoms. The fraction of sp³-hybridized carbons (Fsp3) is 0.500. The number of rotatable bonds is 8. The van der Waals surface area contributed by atoms with Gasteiger partial charge >= 0.3 is 0 Å². The van der Waals surface area contributed by atoms with Crippen molar-refractivity contribution in [2.24, 2.45) is 0 Å². The summed E-state index contributed by atoms with van der Waals surface area (Å²) in [5.41, 5.74) is 3.37. The average molecular weight is 753 g/mol. The second-order valence-electron chi connectivity index (χ2n) is 16.4. The standard InChI is InChI=1S/C42H50F2N8O3/c1-24(2)46-40(54)30-20-35(33(44)21-32(30)43)48-39-38-36(45-23-51(38)25(3)4)22-34(47-39)27-9-10-31-37(17-27)52(29-18-28(19-29)50-13-7-6-8-14-50)41(55)42(31)11-15-49(16-12-42)26(5)53/h9-10,17,20-25,28-29H,6-8,11-16,18-19H2,1-5H3,(H,46,54)(H,47,48)/t28-,29+. The van der Waals surface area contributed by atoms with Crippen LogP contribution in [0.15, 0.2) is 42.7 Å². The summed E-state index contributed by atoms with van der Waals surface area (Å²) in [5, 5.41) is 5.76. The Morgan fingerprint density at radius 1 is 0.909 bits per heavy atom. The Balaban J connectivity index is 1.19. The van der Waals surface area contributed by atoms with Crippen molar-refractivity contribution in [1.82, 2.24) is 29.7 Å². The Kier molecular flexibility index (Phi) is 9.63. The number of amides is 3. The van der Waals surface area contributed by atoms with Crippen molar-refractivity contribution in [2.45, 2.75) is 109 Å². The fourth-order valence-electron chi connectivity index (χ4n) is 9.12. The lowest BCUT2D eigenvalue weighted by atomic mass is 9.73. The third kappa shape index (κ3) is 6.53. The number of fused-ring (bicyclic) bond motifs is 3. The molecule has 4 aliphatic rings. The van der Waals surface area contributed by atoms with E-state index in [2.05, 4.69) is 27.7 Å². The van der Waals surface area contributed by atoms with Crippen molar-refractivity contribution in [2.75, 3.05) is 36.4 Å². The quantitative estimate of drug-likeness (QED) is 0.198. The lowest BCUT2D eigenvalue weighted by Crippen LogP contribution is -2.58. The van der Waals surface area contributed by atoms with E-state index < -0.39 is 23.0 Å². The largest absolute Gasteiger partial charge is 0.350 e. The van der Waals surface area contributed by atoms with E-state index in [1.54, 1.807) is 27.1 Å². The minimum Gasteiger partial charge on any atom is -0.350 e. The van der Waals surface area contributed by atoms with Crippen molar-refractivity contribution in [3.05, 3.63) is 65.5 Å². The molecule has 3 amide bonds. The van der Waals surface area contributed by atoms with E-state index in [-0.39, 0.29) is 41.2 Å². The normalized spacial score (nSPS) is 21.1. The molecule has 3 aliphatic heterocycles. The van der Waals surface area contributed by atoms with E-state index in [9.17, 15) is 18.8 Å². The van der Waals surface area contributed by atoms with Crippen LogP contribution in [0.3, 0.4) is 0 Å². The topological polar surface area (TPSA) is 116 Å². The van der Waals surface area contributed by atoms with E-state index in [1.165, 1.54) is 25.3 Å². The number of nitrogens with one attached hydrogen (secondary N) is 2. The minimum absolute atomic E-state index is 0.00920. The molecule has 4 aromatic rings. The summed E-state index contributed by atoms with van der Waals surface area (Å²) in [6.07, 6.45) is 8.42. The molecule has 5 heterocycles. The molecule has 0 unspecified atom stereocenters. The summed E-state index contributed by atoms with van der Waals surface area (Å²) in [6.45, 7) is 12.4. The van der Waals surface area contributed by atoms with Gasteiger partial charge < -0.3 is 29.9 Å². The van der Waals surface area contributed by atoms with Crippen molar-refractivity contribution in [3.63, 3.8) is 0 Å². The van der Waals surface area contributed by atoms with Crippen LogP contribution < -0.4 is 15.5 Å². The summed E-state index contributed by atoms with van der Waals surface area (Å²) in [7, 11) is 0. The average Bonchev–Trinajstić information content (AvgIpc) is 3.67. The van der Waals surface area contributed by atoms with Crippen molar-refractivity contribution < 1.29 is 23.2 Å². The molecule has 1 saturated carbocycles. The molecule has 13 heteroatoms. The molecule has 1 spiro atoms. The van der Waals surface area contributed by atoms with Gasteiger partial charge in [-0.1, -0.05) is 18.6 Å². The molecule has 2 saturated heterocycles. The number of aromatic nitrogens is 3. The van der Waals surface area contributed by atoms with Gasteiger partial charge in [0.1, 0.15) is 17.2 Å². The Labute approximate surface area is 320 Å². The summed E-state index contributed by atoms with van der Waals surface area (Å²) < 4.78 is 32.2. The smallest absolute Gasteiger partial charge is 0.254 e. The number of piperidine rings is 2. The number of benzene rings is 2. The van der Waals surface area contributed by atoms with Gasteiger partial charge in [0, 0.05) is 61.5 Å². The second-order valence-corrected chi connectivity index (χ2v) is 16.4. The van der Waals surface area contributed by atoms with Crippen molar-refractivity contribution in [1.29, 1.82) is 0 Å². The maximum Gasteiger partial charge on any atom is 0.254 e. The highest BCUT2D eigenvalue weighted by Gasteiger charge is 2.55. The molecule has 1 aliphatic carbocycles. The molecule has 8 rings (SSSR count). The Bertz CT molecular complexity index is 2160. The zero-order valence-corrected chi connectivity index (χ0v) is 32.3. The van der Waals surface area contributed by atoms with Crippen LogP contribution in [-0.2, 0) is 15.0 Å². The molecule has 55 heavy (non-hydrogen) atoms. The number of pyridine rings is 1. The molecule has 290 valence electrons. The number of hydrogen-bond donors (Lipinski definition) is 2. The van der Waals surface area contributed by atoms with Gasteiger partial charge in [-0.3, -0.25) is 14.4 Å². The Hall–Kier alpha value is -4.91. The van der Waals surface area contributed by atoms with Crippen LogP contribution in [0.5, 0.6) is 0 Å². The van der Waals surface area contributed by atoms with Gasteiger partial charge in [0.05, 0.1) is 34.2 Å². The summed E-state index contributed by atoms with van der Waals surface area (Å²) >= 11 is 0. The molecular weight excluding hydrogens is 703 g/mol. The van der Waals surface area contributed by atoms with Crippen LogP contribution in [-0.4, -0.2) is 86.4 Å². The second kappa shape index (κ2) is 14.3. The van der Waals surface area contributed by atoms with Crippen LogP contribution in [0.4, 0.5) is 26.0 Å². The van der Waals surface area contributed by atoms with Crippen LogP contribution in [0.25, 0.3) is 22.3 Å². The third-order valence-electron chi connectivity index (χ3n) is 12.2. The molecule has 2 aromatic carbocycles. The zero-order valence-electron chi connectivity index (χ0n) is 32.3. The van der Waals surface area contributed by atoms with Crippen LogP contribution in [0, 0.1) is 11.6 Å². The highest BCUT2D eigenvalue weighted by atomic mass is 19.1. The van der Waals surface area contributed by atoms with E-state index in [0.717, 1.165) is 42.7 Å². The first-order valence-electron chi connectivity index (χ1n) is 19.8. The van der Waals surface area contributed by atoms with Crippen LogP contribution in [0.1, 0.15) is 102 Å². The van der Waals surface area contributed by atoms with Gasteiger partial charge in [-0.15, -0.1) is 0 Å². The lowest BCUT2D eigenvalue weighted by molar-refractivity contribution is -0.134. The fourth-order valence-corrected chi connectivity index (χ4v) is 9.12. The molecule has 2 aromatic heterocycles. The highest BCUT2D eigenvalue weighted by Crippen LogP contribution is 2.52. The number of imidazole rings is 1. The van der Waals surface area contributed by atoms with Gasteiger partial charge in [0.2, 0.25) is 11.8 Å². The van der Waals surface area contributed by atoms with Gasteiger partial charge in [0.25, 0.3) is 5.91 Å². The molecule has 3 fully saturated rings. The predicted octanol–water partition coefficient (Wildman–Crippen LogP) is 7.08. The van der Waals surface area contributed by atoms with Crippen molar-refractivity contribution in [3.8, 4) is 11.3 Å². The zero-order chi connectivity index (χ0) is 38.8. The van der Waals surface area contributed by atoms with Gasteiger partial charge in [-0.2, -0.15) is 0 Å². The van der Waals surface area contributed by atoms with E-state index in [1.807, 2.05) is 40.3 Å². The van der Waals surface area contributed by atoms with Crippen LogP contribution >= 0.6 is 0 Å². The monoisotopic (exact) mass is 752 g/mol. The predicted molar refractivity (Wildman–Crippen MR) is 208 cm³/mol. The number of hydrogen-bond acceptors (Lipinski definition) is 7. The SMILES string of the molecule is CC(=O)N1CCC2(CC1)C(=O)N([C@H]1C[C@@H](N3CCCCC3)C1)c1cc(-c3cc4ncn(C(C)C)c4c(Nc4cc(C(=O)NC(C)C)c(F)cc4F)n3)ccc12. The number of nitrogens with zero attached hydrogens (tertiary/aromatic N) is 6.